The summed E-state index contributed by atoms with van der Waals surface area (Å²) < 4.78 is 6.30. The van der Waals surface area contributed by atoms with E-state index in [1.54, 1.807) is 0 Å². The van der Waals surface area contributed by atoms with E-state index in [1.165, 1.54) is 32.4 Å². The molecule has 136 valence electrons. The standard InChI is InChI=1S/C19H34N2O2Si/c1-19(2,3)24(4,5)23-17-11-16-21(18(17)22)15-10-9-14-20-12-7-6-8-13-20/h17H,6-8,11-16H2,1-5H3/t17-/m1/s1. The van der Waals surface area contributed by atoms with Crippen LogP contribution in [0.15, 0.2) is 0 Å². The molecule has 2 saturated heterocycles. The molecule has 0 saturated carbocycles. The second kappa shape index (κ2) is 8.03. The van der Waals surface area contributed by atoms with Gasteiger partial charge in [0.15, 0.2) is 8.32 Å². The van der Waals surface area contributed by atoms with Crippen molar-refractivity contribution >= 4 is 14.2 Å². The monoisotopic (exact) mass is 350 g/mol. The number of hydrogen-bond donors (Lipinski definition) is 0. The van der Waals surface area contributed by atoms with E-state index in [2.05, 4.69) is 50.6 Å². The average molecular weight is 351 g/mol. The molecule has 1 amide bonds. The Bertz CT molecular complexity index is 496. The quantitative estimate of drug-likeness (QED) is 0.577. The first kappa shape index (κ1) is 19.5. The second-order valence-corrected chi connectivity index (χ2v) is 13.4. The van der Waals surface area contributed by atoms with E-state index in [-0.39, 0.29) is 17.0 Å². The van der Waals surface area contributed by atoms with E-state index in [0.29, 0.717) is 6.54 Å². The molecule has 1 atom stereocenters. The molecule has 0 spiro atoms. The summed E-state index contributed by atoms with van der Waals surface area (Å²) in [4.78, 5) is 16.8. The molecule has 0 aromatic rings. The molecule has 0 bridgehead atoms. The summed E-state index contributed by atoms with van der Waals surface area (Å²) in [5.41, 5.74) is 0. The van der Waals surface area contributed by atoms with Gasteiger partial charge in [-0.15, -0.1) is 0 Å². The predicted octanol–water partition coefficient (Wildman–Crippen LogP) is 3.10. The van der Waals surface area contributed by atoms with Gasteiger partial charge in [-0.05, 0) is 50.5 Å². The Balaban J connectivity index is 1.79. The fourth-order valence-corrected chi connectivity index (χ4v) is 4.23. The summed E-state index contributed by atoms with van der Waals surface area (Å²) in [6.45, 7) is 15.5. The molecule has 2 rings (SSSR count). The van der Waals surface area contributed by atoms with E-state index in [1.807, 2.05) is 4.90 Å². The van der Waals surface area contributed by atoms with Crippen LogP contribution in [-0.2, 0) is 9.22 Å². The van der Waals surface area contributed by atoms with Gasteiger partial charge in [0.25, 0.3) is 5.91 Å². The van der Waals surface area contributed by atoms with E-state index in [9.17, 15) is 4.79 Å². The van der Waals surface area contributed by atoms with Crippen molar-refractivity contribution in [3.63, 3.8) is 0 Å². The highest BCUT2D eigenvalue weighted by molar-refractivity contribution is 6.74. The molecular formula is C19H34N2O2Si. The van der Waals surface area contributed by atoms with Crippen LogP contribution >= 0.6 is 0 Å². The minimum absolute atomic E-state index is 0.132. The lowest BCUT2D eigenvalue weighted by Gasteiger charge is -2.37. The Labute approximate surface area is 149 Å². The van der Waals surface area contributed by atoms with Gasteiger partial charge in [-0.2, -0.15) is 0 Å². The Hall–Kier alpha value is -0.833. The van der Waals surface area contributed by atoms with Crippen molar-refractivity contribution in [2.75, 3.05) is 32.7 Å². The van der Waals surface area contributed by atoms with Crippen molar-refractivity contribution in [3.8, 4) is 11.8 Å². The Kier molecular flexibility index (Phi) is 6.52. The molecule has 0 aliphatic carbocycles. The summed E-state index contributed by atoms with van der Waals surface area (Å²) in [7, 11) is -1.89. The van der Waals surface area contributed by atoms with E-state index in [0.717, 1.165) is 19.5 Å². The summed E-state index contributed by atoms with van der Waals surface area (Å²) in [6.07, 6.45) is 4.48. The van der Waals surface area contributed by atoms with E-state index >= 15 is 0 Å². The zero-order valence-corrected chi connectivity index (χ0v) is 17.2. The van der Waals surface area contributed by atoms with Gasteiger partial charge in [0.05, 0.1) is 13.1 Å². The van der Waals surface area contributed by atoms with Gasteiger partial charge in [0.1, 0.15) is 6.10 Å². The van der Waals surface area contributed by atoms with Crippen molar-refractivity contribution in [1.29, 1.82) is 0 Å². The van der Waals surface area contributed by atoms with Gasteiger partial charge in [-0.1, -0.05) is 39.0 Å². The van der Waals surface area contributed by atoms with Gasteiger partial charge >= 0.3 is 0 Å². The van der Waals surface area contributed by atoms with Gasteiger partial charge in [-0.25, -0.2) is 0 Å². The smallest absolute Gasteiger partial charge is 0.251 e. The van der Waals surface area contributed by atoms with Crippen molar-refractivity contribution in [2.24, 2.45) is 0 Å². The number of amides is 1. The summed E-state index contributed by atoms with van der Waals surface area (Å²) in [5, 5.41) is 0.134. The fourth-order valence-electron chi connectivity index (χ4n) is 2.95. The van der Waals surface area contributed by atoms with Crippen molar-refractivity contribution < 1.29 is 9.22 Å². The lowest BCUT2D eigenvalue weighted by Crippen LogP contribution is -2.46. The number of carbonyl (C=O) groups excluding carboxylic acids is 1. The van der Waals surface area contributed by atoms with Crippen LogP contribution in [0.25, 0.3) is 0 Å². The maximum atomic E-state index is 12.6. The van der Waals surface area contributed by atoms with Gasteiger partial charge in [0.2, 0.25) is 0 Å². The minimum atomic E-state index is -1.89. The molecule has 24 heavy (non-hydrogen) atoms. The van der Waals surface area contributed by atoms with Crippen LogP contribution in [0.4, 0.5) is 0 Å². The zero-order valence-electron chi connectivity index (χ0n) is 16.2. The molecule has 5 heteroatoms. The molecule has 2 aliphatic rings. The van der Waals surface area contributed by atoms with Crippen LogP contribution in [0, 0.1) is 11.8 Å². The average Bonchev–Trinajstić information content (AvgIpc) is 2.84. The number of hydrogen-bond acceptors (Lipinski definition) is 3. The normalized spacial score (nSPS) is 23.3. The molecule has 2 fully saturated rings. The van der Waals surface area contributed by atoms with Gasteiger partial charge in [-0.3, -0.25) is 9.69 Å². The van der Waals surface area contributed by atoms with Crippen molar-refractivity contribution in [3.05, 3.63) is 0 Å². The summed E-state index contributed by atoms with van der Waals surface area (Å²) in [5.74, 6) is 6.56. The number of carbonyl (C=O) groups is 1. The first-order chi connectivity index (χ1) is 11.2. The van der Waals surface area contributed by atoms with Crippen molar-refractivity contribution in [2.45, 2.75) is 70.7 Å². The highest BCUT2D eigenvalue weighted by atomic mass is 28.4. The van der Waals surface area contributed by atoms with Gasteiger partial charge in [0, 0.05) is 6.54 Å². The van der Waals surface area contributed by atoms with Crippen LogP contribution in [0.3, 0.4) is 0 Å². The number of likely N-dealkylation sites (tertiary alicyclic amines) is 2. The first-order valence-corrected chi connectivity index (χ1v) is 12.3. The maximum Gasteiger partial charge on any atom is 0.251 e. The predicted molar refractivity (Wildman–Crippen MR) is 101 cm³/mol. The Morgan fingerprint density at radius 1 is 1.08 bits per heavy atom. The highest BCUT2D eigenvalue weighted by Gasteiger charge is 2.43. The summed E-state index contributed by atoms with van der Waals surface area (Å²) >= 11 is 0. The van der Waals surface area contributed by atoms with Crippen LogP contribution in [0.1, 0.15) is 46.5 Å². The van der Waals surface area contributed by atoms with E-state index in [4.69, 9.17) is 4.43 Å². The Morgan fingerprint density at radius 2 is 1.71 bits per heavy atom. The molecule has 2 heterocycles. The highest BCUT2D eigenvalue weighted by Crippen LogP contribution is 2.38. The Morgan fingerprint density at radius 3 is 2.33 bits per heavy atom. The third-order valence-electron chi connectivity index (χ3n) is 5.64. The van der Waals surface area contributed by atoms with Crippen molar-refractivity contribution in [1.82, 2.24) is 9.80 Å². The van der Waals surface area contributed by atoms with Crippen LogP contribution in [0.5, 0.6) is 0 Å². The molecule has 0 aromatic carbocycles. The first-order valence-electron chi connectivity index (χ1n) is 9.35. The molecule has 0 unspecified atom stereocenters. The third-order valence-corrected chi connectivity index (χ3v) is 10.1. The minimum Gasteiger partial charge on any atom is -0.405 e. The van der Waals surface area contributed by atoms with Crippen LogP contribution < -0.4 is 0 Å². The second-order valence-electron chi connectivity index (χ2n) is 8.61. The third kappa shape index (κ3) is 5.08. The molecule has 4 nitrogen and oxygen atoms in total. The summed E-state index contributed by atoms with van der Waals surface area (Å²) in [6, 6.07) is 0. The topological polar surface area (TPSA) is 32.8 Å². The largest absolute Gasteiger partial charge is 0.405 e. The molecule has 0 N–H and O–H groups in total. The van der Waals surface area contributed by atoms with E-state index < -0.39 is 8.32 Å². The van der Waals surface area contributed by atoms with Crippen LogP contribution in [0.2, 0.25) is 18.1 Å². The number of nitrogens with zero attached hydrogens (tertiary/aromatic N) is 2. The lowest BCUT2D eigenvalue weighted by atomic mass is 10.1. The SMILES string of the molecule is CC(C)(C)[Si](C)(C)O[C@@H]1CCN(CC#CCN2CCCCC2)C1=O. The van der Waals surface area contributed by atoms with Gasteiger partial charge < -0.3 is 9.33 Å². The maximum absolute atomic E-state index is 12.6. The number of piperidine rings is 1. The van der Waals surface area contributed by atoms with Crippen LogP contribution in [-0.4, -0.2) is 62.9 Å². The zero-order chi connectivity index (χ0) is 17.8. The lowest BCUT2D eigenvalue weighted by molar-refractivity contribution is -0.133. The molecule has 0 aromatic heterocycles. The molecule has 0 radical (unpaired) electrons. The number of rotatable bonds is 4. The molecular weight excluding hydrogens is 316 g/mol. The molecule has 2 aliphatic heterocycles. The fraction of sp³-hybridized carbons (Fsp3) is 0.842.